The van der Waals surface area contributed by atoms with E-state index in [9.17, 15) is 9.90 Å². The summed E-state index contributed by atoms with van der Waals surface area (Å²) in [7, 11) is 1.54. The van der Waals surface area contributed by atoms with E-state index in [4.69, 9.17) is 9.47 Å². The molecule has 0 spiro atoms. The Hall–Kier alpha value is -1.13. The zero-order chi connectivity index (χ0) is 20.5. The number of rotatable bonds is 6. The number of aliphatic hydroxyl groups excluding tert-OH is 1. The third kappa shape index (κ3) is 3.82. The van der Waals surface area contributed by atoms with Crippen LogP contribution in [0.25, 0.3) is 0 Å². The fourth-order valence-electron chi connectivity index (χ4n) is 6.17. The van der Waals surface area contributed by atoms with Crippen molar-refractivity contribution in [1.29, 1.82) is 0 Å². The lowest BCUT2D eigenvalue weighted by Gasteiger charge is -2.57. The molecule has 5 atom stereocenters. The van der Waals surface area contributed by atoms with E-state index in [-0.39, 0.29) is 24.6 Å². The zero-order valence-electron chi connectivity index (χ0n) is 18.3. The normalized spacial score (nSPS) is 36.1. The summed E-state index contributed by atoms with van der Waals surface area (Å²) in [6, 6.07) is 0. The van der Waals surface area contributed by atoms with Gasteiger partial charge in [0.2, 0.25) is 0 Å². The van der Waals surface area contributed by atoms with E-state index in [2.05, 4.69) is 39.8 Å². The molecule has 1 N–H and O–H groups in total. The number of methoxy groups -OCH3 is 1. The molecule has 0 bridgehead atoms. The molecule has 0 heterocycles. The number of hydrogen-bond donors (Lipinski definition) is 1. The van der Waals surface area contributed by atoms with Crippen LogP contribution in [0.2, 0.25) is 0 Å². The van der Waals surface area contributed by atoms with Crippen molar-refractivity contribution in [3.05, 3.63) is 23.3 Å². The molecule has 28 heavy (non-hydrogen) atoms. The first-order valence-corrected chi connectivity index (χ1v) is 11.0. The highest BCUT2D eigenvalue weighted by Gasteiger charge is 2.57. The molecule has 0 aliphatic heterocycles. The van der Waals surface area contributed by atoms with Crippen LogP contribution in [-0.4, -0.2) is 37.5 Å². The summed E-state index contributed by atoms with van der Waals surface area (Å²) in [5, 5.41) is 9.87. The average molecular weight is 391 g/mol. The smallest absolute Gasteiger partial charge is 0.312 e. The van der Waals surface area contributed by atoms with Crippen LogP contribution in [0.3, 0.4) is 0 Å². The molecule has 3 rings (SSSR count). The number of hydrogen-bond acceptors (Lipinski definition) is 4. The molecule has 1 fully saturated rings. The molecular formula is C24H38O4. The highest BCUT2D eigenvalue weighted by Crippen LogP contribution is 2.62. The number of ether oxygens (including phenoxy) is 2. The van der Waals surface area contributed by atoms with Gasteiger partial charge in [0.1, 0.15) is 12.7 Å². The number of carbonyl (C=O) groups excluding carboxylic acids is 1. The summed E-state index contributed by atoms with van der Waals surface area (Å²) in [6.45, 7) is 9.27. The fraction of sp³-hybridized carbons (Fsp3) is 0.792. The minimum absolute atomic E-state index is 0.0106. The molecule has 5 unspecified atom stereocenters. The van der Waals surface area contributed by atoms with Gasteiger partial charge < -0.3 is 14.6 Å². The summed E-state index contributed by atoms with van der Waals surface area (Å²) in [6.07, 6.45) is 10.5. The van der Waals surface area contributed by atoms with E-state index < -0.39 is 11.5 Å². The van der Waals surface area contributed by atoms with E-state index in [0.29, 0.717) is 17.8 Å². The molecule has 0 radical (unpaired) electrons. The first-order valence-electron chi connectivity index (χ1n) is 11.0. The van der Waals surface area contributed by atoms with Crippen molar-refractivity contribution in [1.82, 2.24) is 0 Å². The largest absolute Gasteiger partial charge is 0.462 e. The third-order valence-corrected chi connectivity index (χ3v) is 7.81. The highest BCUT2D eigenvalue weighted by atomic mass is 16.5. The Kier molecular flexibility index (Phi) is 6.41. The maximum Gasteiger partial charge on any atom is 0.312 e. The van der Waals surface area contributed by atoms with Crippen molar-refractivity contribution < 1.29 is 19.4 Å². The van der Waals surface area contributed by atoms with Crippen LogP contribution in [0.4, 0.5) is 0 Å². The van der Waals surface area contributed by atoms with Crippen molar-refractivity contribution in [2.45, 2.75) is 72.3 Å². The van der Waals surface area contributed by atoms with E-state index in [1.165, 1.54) is 31.9 Å². The van der Waals surface area contributed by atoms with Gasteiger partial charge in [-0.15, -0.1) is 0 Å². The van der Waals surface area contributed by atoms with Crippen LogP contribution in [-0.2, 0) is 14.3 Å². The van der Waals surface area contributed by atoms with Gasteiger partial charge in [-0.25, -0.2) is 0 Å². The minimum Gasteiger partial charge on any atom is -0.462 e. The molecule has 4 heteroatoms. The number of fused-ring (bicyclic) bond motifs is 3. The Morgan fingerprint density at radius 2 is 2.04 bits per heavy atom. The van der Waals surface area contributed by atoms with Crippen LogP contribution in [0.5, 0.6) is 0 Å². The molecule has 0 aromatic rings. The Balaban J connectivity index is 1.81. The van der Waals surface area contributed by atoms with Crippen molar-refractivity contribution in [2.24, 2.45) is 28.6 Å². The third-order valence-electron chi connectivity index (χ3n) is 7.81. The van der Waals surface area contributed by atoms with E-state index in [1.807, 2.05) is 0 Å². The lowest BCUT2D eigenvalue weighted by Crippen LogP contribution is -2.53. The Morgan fingerprint density at radius 3 is 2.71 bits per heavy atom. The van der Waals surface area contributed by atoms with Crippen molar-refractivity contribution >= 4 is 5.97 Å². The number of esters is 1. The molecule has 0 saturated heterocycles. The second-order valence-electron chi connectivity index (χ2n) is 9.94. The predicted molar refractivity (Wildman–Crippen MR) is 111 cm³/mol. The van der Waals surface area contributed by atoms with Gasteiger partial charge in [-0.2, -0.15) is 0 Å². The number of aliphatic hydroxyl groups is 1. The van der Waals surface area contributed by atoms with Gasteiger partial charge in [0.25, 0.3) is 0 Å². The predicted octanol–water partition coefficient (Wildman–Crippen LogP) is 4.67. The molecular weight excluding hydrogens is 352 g/mol. The summed E-state index contributed by atoms with van der Waals surface area (Å²) >= 11 is 0. The number of carbonyl (C=O) groups is 1. The molecule has 1 saturated carbocycles. The Labute approximate surface area is 170 Å². The first kappa shape index (κ1) is 21.6. The maximum atomic E-state index is 13.1. The summed E-state index contributed by atoms with van der Waals surface area (Å²) in [5.41, 5.74) is 2.72. The topological polar surface area (TPSA) is 55.8 Å². The molecule has 3 aliphatic rings. The zero-order valence-corrected chi connectivity index (χ0v) is 18.3. The standard InChI is InChI=1S/C24H38O4/c1-16(2)17-7-9-20-18(13-17)8-10-21-23(20,3)11-6-12-24(21,4)22(26)28-15-19(25)14-27-5/h8,13,16,19-21,25H,6-7,9-12,14-15H2,1-5H3. The minimum atomic E-state index is -0.761. The Morgan fingerprint density at radius 1 is 1.29 bits per heavy atom. The van der Waals surface area contributed by atoms with Crippen molar-refractivity contribution in [3.8, 4) is 0 Å². The summed E-state index contributed by atoms with van der Waals surface area (Å²) in [5.74, 6) is 1.30. The fourth-order valence-corrected chi connectivity index (χ4v) is 6.17. The van der Waals surface area contributed by atoms with Crippen molar-refractivity contribution in [2.75, 3.05) is 20.3 Å². The van der Waals surface area contributed by atoms with Crippen LogP contribution >= 0.6 is 0 Å². The van der Waals surface area contributed by atoms with Gasteiger partial charge in [0.15, 0.2) is 0 Å². The van der Waals surface area contributed by atoms with E-state index in [1.54, 1.807) is 5.57 Å². The lowest BCUT2D eigenvalue weighted by atomic mass is 9.47. The monoisotopic (exact) mass is 390 g/mol. The van der Waals surface area contributed by atoms with E-state index >= 15 is 0 Å². The average Bonchev–Trinajstić information content (AvgIpc) is 2.65. The lowest BCUT2D eigenvalue weighted by molar-refractivity contribution is -0.173. The van der Waals surface area contributed by atoms with Gasteiger partial charge in [-0.1, -0.05) is 44.9 Å². The van der Waals surface area contributed by atoms with Gasteiger partial charge in [0, 0.05) is 7.11 Å². The SMILES string of the molecule is COCC(O)COC(=O)C1(C)CCCC2(C)C3CCC(C(C)C)=CC3=CCC12. The number of allylic oxidation sites excluding steroid dienone is 4. The van der Waals surface area contributed by atoms with Crippen LogP contribution < -0.4 is 0 Å². The summed E-state index contributed by atoms with van der Waals surface area (Å²) < 4.78 is 10.5. The van der Waals surface area contributed by atoms with Gasteiger partial charge >= 0.3 is 5.97 Å². The van der Waals surface area contributed by atoms with Crippen molar-refractivity contribution in [3.63, 3.8) is 0 Å². The van der Waals surface area contributed by atoms with Crippen LogP contribution in [0.1, 0.15) is 66.2 Å². The first-order chi connectivity index (χ1) is 13.2. The molecule has 0 aromatic carbocycles. The molecule has 3 aliphatic carbocycles. The van der Waals surface area contributed by atoms with Gasteiger partial charge in [0.05, 0.1) is 12.0 Å². The summed E-state index contributed by atoms with van der Waals surface area (Å²) in [4.78, 5) is 13.1. The van der Waals surface area contributed by atoms with Crippen LogP contribution in [0.15, 0.2) is 23.3 Å². The van der Waals surface area contributed by atoms with Crippen LogP contribution in [0, 0.1) is 28.6 Å². The van der Waals surface area contributed by atoms with Gasteiger partial charge in [-0.3, -0.25) is 4.79 Å². The second kappa shape index (κ2) is 8.31. The molecule has 0 aromatic heterocycles. The molecule has 158 valence electrons. The quantitative estimate of drug-likeness (QED) is 0.670. The second-order valence-corrected chi connectivity index (χ2v) is 9.94. The molecule has 0 amide bonds. The Bertz CT molecular complexity index is 649. The van der Waals surface area contributed by atoms with Gasteiger partial charge in [-0.05, 0) is 67.8 Å². The highest BCUT2D eigenvalue weighted by molar-refractivity contribution is 5.77. The van der Waals surface area contributed by atoms with E-state index in [0.717, 1.165) is 19.3 Å². The maximum absolute atomic E-state index is 13.1. The molecule has 4 nitrogen and oxygen atoms in total.